The smallest absolute Gasteiger partial charge is 0.416 e. The fourth-order valence-corrected chi connectivity index (χ4v) is 3.15. The third kappa shape index (κ3) is 4.10. The number of alkyl halides is 3. The molecule has 0 bridgehead atoms. The number of hydrogen-bond acceptors (Lipinski definition) is 2. The zero-order valence-corrected chi connectivity index (χ0v) is 14.8. The molecule has 0 aliphatic heterocycles. The van der Waals surface area contributed by atoms with Crippen LogP contribution < -0.4 is 5.73 Å². The molecule has 0 spiro atoms. The molecule has 0 amide bonds. The highest BCUT2D eigenvalue weighted by Gasteiger charge is 2.32. The van der Waals surface area contributed by atoms with Gasteiger partial charge in [0.15, 0.2) is 0 Å². The summed E-state index contributed by atoms with van der Waals surface area (Å²) >= 11 is 0. The van der Waals surface area contributed by atoms with Crippen LogP contribution in [0.15, 0.2) is 18.2 Å². The molecule has 3 nitrogen and oxygen atoms in total. The average molecular weight is 387 g/mol. The number of halogens is 5. The molecule has 0 aliphatic carbocycles. The Morgan fingerprint density at radius 2 is 1.56 bits per heavy atom. The maximum atomic E-state index is 15.1. The van der Waals surface area contributed by atoms with E-state index in [4.69, 9.17) is 10.8 Å². The Balaban J connectivity index is 2.74. The van der Waals surface area contributed by atoms with Crippen LogP contribution in [-0.2, 0) is 11.0 Å². The van der Waals surface area contributed by atoms with E-state index in [-0.39, 0.29) is 27.8 Å². The van der Waals surface area contributed by atoms with Gasteiger partial charge in [0.05, 0.1) is 12.0 Å². The normalized spacial score (nSPS) is 12.9. The van der Waals surface area contributed by atoms with Gasteiger partial charge in [0, 0.05) is 17.2 Å². The van der Waals surface area contributed by atoms with Crippen molar-refractivity contribution in [1.82, 2.24) is 0 Å². The minimum Gasteiger partial charge on any atom is -0.481 e. The first-order chi connectivity index (χ1) is 12.3. The monoisotopic (exact) mass is 387 g/mol. The maximum Gasteiger partial charge on any atom is 0.416 e. The van der Waals surface area contributed by atoms with E-state index in [0.29, 0.717) is 0 Å². The molecule has 0 unspecified atom stereocenters. The molecule has 2 aromatic carbocycles. The Morgan fingerprint density at radius 3 is 2.00 bits per heavy atom. The van der Waals surface area contributed by atoms with Gasteiger partial charge in [-0.05, 0) is 61.2 Å². The van der Waals surface area contributed by atoms with E-state index in [1.54, 1.807) is 0 Å². The van der Waals surface area contributed by atoms with Crippen molar-refractivity contribution < 1.29 is 31.9 Å². The fraction of sp³-hybridized carbons (Fsp3) is 0.316. The van der Waals surface area contributed by atoms with Crippen LogP contribution in [0.3, 0.4) is 0 Å². The van der Waals surface area contributed by atoms with Gasteiger partial charge in [-0.3, -0.25) is 4.79 Å². The highest BCUT2D eigenvalue weighted by Crippen LogP contribution is 2.39. The largest absolute Gasteiger partial charge is 0.481 e. The van der Waals surface area contributed by atoms with Crippen molar-refractivity contribution in [2.45, 2.75) is 39.4 Å². The summed E-state index contributed by atoms with van der Waals surface area (Å²) in [6.07, 6.45) is -5.25. The summed E-state index contributed by atoms with van der Waals surface area (Å²) in [6.45, 7) is 4.14. The highest BCUT2D eigenvalue weighted by molar-refractivity contribution is 5.74. The Bertz CT molecular complexity index is 883. The second-order valence-corrected chi connectivity index (χ2v) is 6.47. The molecule has 0 heterocycles. The minimum absolute atomic E-state index is 0.0148. The van der Waals surface area contributed by atoms with Gasteiger partial charge in [-0.2, -0.15) is 13.2 Å². The van der Waals surface area contributed by atoms with Crippen molar-refractivity contribution in [3.63, 3.8) is 0 Å². The van der Waals surface area contributed by atoms with Gasteiger partial charge in [-0.25, -0.2) is 8.78 Å². The lowest BCUT2D eigenvalue weighted by Gasteiger charge is -2.20. The maximum absolute atomic E-state index is 15.1. The number of aryl methyl sites for hydroxylation is 3. The number of hydrogen-bond donors (Lipinski definition) is 2. The summed E-state index contributed by atoms with van der Waals surface area (Å²) in [5, 5.41) is 8.85. The molecule has 1 atom stereocenters. The quantitative estimate of drug-likeness (QED) is 0.722. The summed E-state index contributed by atoms with van der Waals surface area (Å²) < 4.78 is 68.4. The number of carbonyl (C=O) groups is 1. The molecule has 0 saturated carbocycles. The van der Waals surface area contributed by atoms with Crippen molar-refractivity contribution in [3.05, 3.63) is 57.7 Å². The molecule has 0 fully saturated rings. The second kappa shape index (κ2) is 7.26. The van der Waals surface area contributed by atoms with Gasteiger partial charge in [0.25, 0.3) is 0 Å². The van der Waals surface area contributed by atoms with Crippen molar-refractivity contribution in [2.24, 2.45) is 5.73 Å². The Morgan fingerprint density at radius 1 is 1.04 bits per heavy atom. The molecule has 3 N–H and O–H groups in total. The lowest BCUT2D eigenvalue weighted by atomic mass is 9.89. The fourth-order valence-electron chi connectivity index (χ4n) is 3.15. The molecule has 27 heavy (non-hydrogen) atoms. The van der Waals surface area contributed by atoms with Crippen LogP contribution in [0, 0.1) is 32.4 Å². The summed E-state index contributed by atoms with van der Waals surface area (Å²) in [5.41, 5.74) is 4.60. The highest BCUT2D eigenvalue weighted by atomic mass is 19.4. The third-order valence-corrected chi connectivity index (χ3v) is 4.31. The number of rotatable bonds is 4. The minimum atomic E-state index is -4.56. The third-order valence-electron chi connectivity index (χ3n) is 4.31. The van der Waals surface area contributed by atoms with E-state index < -0.39 is 47.4 Å². The molecule has 0 saturated heterocycles. The average Bonchev–Trinajstić information content (AvgIpc) is 2.50. The predicted molar refractivity (Wildman–Crippen MR) is 90.2 cm³/mol. The first kappa shape index (κ1) is 20.8. The predicted octanol–water partition coefficient (Wildman–Crippen LogP) is 5.05. The first-order valence-corrected chi connectivity index (χ1v) is 7.99. The lowest BCUT2D eigenvalue weighted by Crippen LogP contribution is -2.19. The van der Waals surface area contributed by atoms with Crippen molar-refractivity contribution in [3.8, 4) is 11.1 Å². The lowest BCUT2D eigenvalue weighted by molar-refractivity contribution is -0.138. The second-order valence-electron chi connectivity index (χ2n) is 6.47. The summed E-state index contributed by atoms with van der Waals surface area (Å²) in [7, 11) is 0. The first-order valence-electron chi connectivity index (χ1n) is 7.99. The molecule has 146 valence electrons. The molecule has 2 rings (SSSR count). The van der Waals surface area contributed by atoms with Crippen molar-refractivity contribution >= 4 is 5.97 Å². The van der Waals surface area contributed by atoms with Gasteiger partial charge < -0.3 is 10.8 Å². The van der Waals surface area contributed by atoms with Crippen LogP contribution in [0.5, 0.6) is 0 Å². The van der Waals surface area contributed by atoms with E-state index in [2.05, 4.69) is 0 Å². The molecule has 0 radical (unpaired) electrons. The van der Waals surface area contributed by atoms with Crippen molar-refractivity contribution in [2.75, 3.05) is 0 Å². The molecule has 2 aromatic rings. The Labute approximate surface area is 152 Å². The van der Waals surface area contributed by atoms with Crippen molar-refractivity contribution in [1.29, 1.82) is 0 Å². The zero-order chi connectivity index (χ0) is 20.7. The number of aliphatic carboxylic acids is 1. The van der Waals surface area contributed by atoms with Crippen LogP contribution >= 0.6 is 0 Å². The van der Waals surface area contributed by atoms with Gasteiger partial charge in [0.2, 0.25) is 0 Å². The molecule has 0 aromatic heterocycles. The van der Waals surface area contributed by atoms with E-state index in [1.165, 1.54) is 26.8 Å². The standard InChI is InChI=1S/C19H18F5NO2/c1-8-4-11(19(22,23)24)5-9(2)15(8)12-6-10(3)17(20)16(18(12)21)13(25)7-14(26)27/h4-6,13H,7,25H2,1-3H3,(H,26,27)/t13-/m0/s1. The van der Waals surface area contributed by atoms with Crippen LogP contribution in [-0.4, -0.2) is 11.1 Å². The Kier molecular flexibility index (Phi) is 5.60. The SMILES string of the molecule is Cc1cc(-c2c(C)cc(C(F)(F)F)cc2C)c(F)c([C@@H](N)CC(=O)O)c1F. The van der Waals surface area contributed by atoms with Gasteiger partial charge >= 0.3 is 12.1 Å². The van der Waals surface area contributed by atoms with E-state index in [0.717, 1.165) is 12.1 Å². The summed E-state index contributed by atoms with van der Waals surface area (Å²) in [6, 6.07) is 1.52. The number of carboxylic acids is 1. The molecular weight excluding hydrogens is 369 g/mol. The topological polar surface area (TPSA) is 63.3 Å². The van der Waals surface area contributed by atoms with Gasteiger partial charge in [0.1, 0.15) is 11.6 Å². The summed E-state index contributed by atoms with van der Waals surface area (Å²) in [5.74, 6) is -3.36. The number of benzene rings is 2. The molecule has 8 heteroatoms. The van der Waals surface area contributed by atoms with Gasteiger partial charge in [-0.1, -0.05) is 0 Å². The number of nitrogens with two attached hydrogens (primary N) is 1. The van der Waals surface area contributed by atoms with E-state index in [1.807, 2.05) is 0 Å². The van der Waals surface area contributed by atoms with Crippen LogP contribution in [0.4, 0.5) is 22.0 Å². The van der Waals surface area contributed by atoms with Crippen LogP contribution in [0.1, 0.15) is 40.3 Å². The van der Waals surface area contributed by atoms with E-state index in [9.17, 15) is 22.4 Å². The molecule has 0 aliphatic rings. The summed E-state index contributed by atoms with van der Waals surface area (Å²) in [4.78, 5) is 10.9. The zero-order valence-electron chi connectivity index (χ0n) is 14.8. The van der Waals surface area contributed by atoms with Crippen LogP contribution in [0.2, 0.25) is 0 Å². The Hall–Kier alpha value is -2.48. The number of carboxylic acid groups (broad SMARTS) is 1. The van der Waals surface area contributed by atoms with E-state index >= 15 is 4.39 Å². The van der Waals surface area contributed by atoms with Crippen LogP contribution in [0.25, 0.3) is 11.1 Å². The van der Waals surface area contributed by atoms with Gasteiger partial charge in [-0.15, -0.1) is 0 Å². The molecular formula is C19H18F5NO2.